The number of carbonyl (C=O) groups excluding carboxylic acids is 1. The third-order valence-electron chi connectivity index (χ3n) is 1.66. The van der Waals surface area contributed by atoms with Crippen LogP contribution in [0, 0.1) is 17.1 Å². The first-order chi connectivity index (χ1) is 6.60. The van der Waals surface area contributed by atoms with Gasteiger partial charge in [0.1, 0.15) is 11.9 Å². The molecular weight excluding hydrogens is 187 g/mol. The van der Waals surface area contributed by atoms with Crippen molar-refractivity contribution in [1.82, 2.24) is 0 Å². The summed E-state index contributed by atoms with van der Waals surface area (Å²) in [7, 11) is 1.18. The lowest BCUT2D eigenvalue weighted by atomic mass is 10.1. The molecule has 0 aliphatic rings. The minimum absolute atomic E-state index is 0.00884. The van der Waals surface area contributed by atoms with Crippen LogP contribution >= 0.6 is 0 Å². The second-order valence-corrected chi connectivity index (χ2v) is 2.52. The number of methoxy groups -OCH3 is 1. The maximum atomic E-state index is 12.9. The molecule has 0 aliphatic carbocycles. The van der Waals surface area contributed by atoms with Crippen molar-refractivity contribution in [2.24, 2.45) is 0 Å². The van der Waals surface area contributed by atoms with Gasteiger partial charge in [-0.2, -0.15) is 5.26 Å². The number of halogens is 1. The fourth-order valence-corrected chi connectivity index (χ4v) is 0.961. The van der Waals surface area contributed by atoms with Crippen LogP contribution in [0.25, 0.3) is 0 Å². The molecular formula is C9H7FN2O2. The monoisotopic (exact) mass is 194 g/mol. The number of nitrogen functional groups attached to an aromatic ring is 1. The van der Waals surface area contributed by atoms with E-state index < -0.39 is 11.8 Å². The van der Waals surface area contributed by atoms with Crippen LogP contribution in [0.2, 0.25) is 0 Å². The molecule has 0 atom stereocenters. The summed E-state index contributed by atoms with van der Waals surface area (Å²) in [5.41, 5.74) is 5.08. The zero-order valence-corrected chi connectivity index (χ0v) is 7.37. The summed E-state index contributed by atoms with van der Waals surface area (Å²) in [5, 5.41) is 8.51. The van der Waals surface area contributed by atoms with Crippen LogP contribution in [0.3, 0.4) is 0 Å². The summed E-state index contributed by atoms with van der Waals surface area (Å²) in [6.07, 6.45) is 0. The first-order valence-corrected chi connectivity index (χ1v) is 3.67. The minimum Gasteiger partial charge on any atom is -0.465 e. The number of hydrogen-bond acceptors (Lipinski definition) is 4. The second-order valence-electron chi connectivity index (χ2n) is 2.52. The molecule has 2 N–H and O–H groups in total. The zero-order valence-electron chi connectivity index (χ0n) is 7.37. The minimum atomic E-state index is -0.752. The topological polar surface area (TPSA) is 76.1 Å². The van der Waals surface area contributed by atoms with Crippen LogP contribution in [-0.4, -0.2) is 13.1 Å². The van der Waals surface area contributed by atoms with Gasteiger partial charge in [-0.25, -0.2) is 9.18 Å². The van der Waals surface area contributed by atoms with Gasteiger partial charge in [0.15, 0.2) is 0 Å². The van der Waals surface area contributed by atoms with Crippen molar-refractivity contribution in [2.75, 3.05) is 12.8 Å². The number of anilines is 1. The molecule has 0 bridgehead atoms. The second kappa shape index (κ2) is 3.75. The molecule has 72 valence electrons. The normalized spacial score (nSPS) is 9.21. The molecule has 0 fully saturated rings. The predicted molar refractivity (Wildman–Crippen MR) is 46.9 cm³/mol. The molecule has 0 radical (unpaired) electrons. The first-order valence-electron chi connectivity index (χ1n) is 3.67. The van der Waals surface area contributed by atoms with Crippen molar-refractivity contribution < 1.29 is 13.9 Å². The van der Waals surface area contributed by atoms with Crippen LogP contribution < -0.4 is 5.73 Å². The number of esters is 1. The van der Waals surface area contributed by atoms with E-state index in [9.17, 15) is 9.18 Å². The predicted octanol–water partition coefficient (Wildman–Crippen LogP) is 1.07. The first kappa shape index (κ1) is 9.99. The Morgan fingerprint density at radius 1 is 1.64 bits per heavy atom. The molecule has 0 aliphatic heterocycles. The summed E-state index contributed by atoms with van der Waals surface area (Å²) in [5.74, 6) is -1.45. The quantitative estimate of drug-likeness (QED) is 0.535. The molecule has 0 amide bonds. The summed E-state index contributed by atoms with van der Waals surface area (Å²) in [6.45, 7) is 0. The Balaban J connectivity index is 3.33. The van der Waals surface area contributed by atoms with Crippen molar-refractivity contribution in [3.8, 4) is 6.07 Å². The molecule has 0 spiro atoms. The lowest BCUT2D eigenvalue weighted by Gasteiger charge is -2.04. The Bertz CT molecular complexity index is 424. The molecule has 1 aromatic carbocycles. The van der Waals surface area contributed by atoms with Gasteiger partial charge in [-0.3, -0.25) is 0 Å². The molecule has 0 saturated carbocycles. The third kappa shape index (κ3) is 1.64. The number of nitrogens with two attached hydrogens (primary N) is 1. The van der Waals surface area contributed by atoms with Crippen molar-refractivity contribution in [3.63, 3.8) is 0 Å². The summed E-state index contributed by atoms with van der Waals surface area (Å²) >= 11 is 0. The number of ether oxygens (including phenoxy) is 1. The molecule has 4 nitrogen and oxygen atoms in total. The van der Waals surface area contributed by atoms with E-state index in [0.29, 0.717) is 0 Å². The Hall–Kier alpha value is -2.09. The van der Waals surface area contributed by atoms with Gasteiger partial charge < -0.3 is 10.5 Å². The summed E-state index contributed by atoms with van der Waals surface area (Å²) in [4.78, 5) is 11.1. The van der Waals surface area contributed by atoms with E-state index in [-0.39, 0.29) is 16.8 Å². The molecule has 0 unspecified atom stereocenters. The van der Waals surface area contributed by atoms with Gasteiger partial charge in [0.25, 0.3) is 0 Å². The van der Waals surface area contributed by atoms with Gasteiger partial charge in [0, 0.05) is 5.69 Å². The van der Waals surface area contributed by atoms with E-state index >= 15 is 0 Å². The molecule has 1 aromatic rings. The standard InChI is InChI=1S/C9H7FN2O2/c1-14-9(13)6-2-5(4-11)7(10)3-8(6)12/h2-3H,12H2,1H3. The van der Waals surface area contributed by atoms with Gasteiger partial charge in [-0.15, -0.1) is 0 Å². The Kier molecular flexibility index (Phi) is 2.67. The largest absolute Gasteiger partial charge is 0.465 e. The fraction of sp³-hybridized carbons (Fsp3) is 0.111. The van der Waals surface area contributed by atoms with Gasteiger partial charge in [-0.05, 0) is 12.1 Å². The van der Waals surface area contributed by atoms with Crippen LogP contribution in [0.4, 0.5) is 10.1 Å². The lowest BCUT2D eigenvalue weighted by Crippen LogP contribution is -2.07. The van der Waals surface area contributed by atoms with E-state index in [2.05, 4.69) is 4.74 Å². The molecule has 0 heterocycles. The van der Waals surface area contributed by atoms with E-state index in [1.165, 1.54) is 7.11 Å². The molecule has 0 aromatic heterocycles. The molecule has 5 heteroatoms. The Labute approximate surface area is 79.7 Å². The Morgan fingerprint density at radius 2 is 2.29 bits per heavy atom. The van der Waals surface area contributed by atoms with Crippen molar-refractivity contribution in [2.45, 2.75) is 0 Å². The van der Waals surface area contributed by atoms with E-state index in [4.69, 9.17) is 11.0 Å². The number of hydrogen-bond donors (Lipinski definition) is 1. The van der Waals surface area contributed by atoms with E-state index in [1.54, 1.807) is 6.07 Å². The third-order valence-corrected chi connectivity index (χ3v) is 1.66. The maximum absolute atomic E-state index is 12.9. The summed E-state index contributed by atoms with van der Waals surface area (Å²) < 4.78 is 17.3. The molecule has 14 heavy (non-hydrogen) atoms. The highest BCUT2D eigenvalue weighted by Gasteiger charge is 2.13. The average molecular weight is 194 g/mol. The molecule has 1 rings (SSSR count). The van der Waals surface area contributed by atoms with E-state index in [1.807, 2.05) is 0 Å². The highest BCUT2D eigenvalue weighted by Crippen LogP contribution is 2.18. The van der Waals surface area contributed by atoms with Crippen LogP contribution in [0.1, 0.15) is 15.9 Å². The van der Waals surface area contributed by atoms with Crippen molar-refractivity contribution in [3.05, 3.63) is 29.1 Å². The van der Waals surface area contributed by atoms with Crippen LogP contribution in [0.15, 0.2) is 12.1 Å². The number of carbonyl (C=O) groups is 1. The van der Waals surface area contributed by atoms with Crippen molar-refractivity contribution in [1.29, 1.82) is 5.26 Å². The van der Waals surface area contributed by atoms with Gasteiger partial charge in [-0.1, -0.05) is 0 Å². The molecule has 0 saturated heterocycles. The van der Waals surface area contributed by atoms with Crippen molar-refractivity contribution >= 4 is 11.7 Å². The smallest absolute Gasteiger partial charge is 0.340 e. The zero-order chi connectivity index (χ0) is 10.7. The van der Waals surface area contributed by atoms with E-state index in [0.717, 1.165) is 12.1 Å². The number of nitrogens with zero attached hydrogens (tertiary/aromatic N) is 1. The van der Waals surface area contributed by atoms with Gasteiger partial charge in [0.05, 0.1) is 18.2 Å². The fourth-order valence-electron chi connectivity index (χ4n) is 0.961. The highest BCUT2D eigenvalue weighted by molar-refractivity contribution is 5.95. The number of rotatable bonds is 1. The maximum Gasteiger partial charge on any atom is 0.340 e. The lowest BCUT2D eigenvalue weighted by molar-refractivity contribution is 0.0602. The van der Waals surface area contributed by atoms with Gasteiger partial charge >= 0.3 is 5.97 Å². The Morgan fingerprint density at radius 3 is 2.79 bits per heavy atom. The summed E-state index contributed by atoms with van der Waals surface area (Å²) in [6, 6.07) is 3.59. The van der Waals surface area contributed by atoms with Crippen LogP contribution in [-0.2, 0) is 4.74 Å². The van der Waals surface area contributed by atoms with Gasteiger partial charge in [0.2, 0.25) is 0 Å². The highest BCUT2D eigenvalue weighted by atomic mass is 19.1. The number of nitriles is 1. The van der Waals surface area contributed by atoms with Crippen LogP contribution in [0.5, 0.6) is 0 Å². The SMILES string of the molecule is COC(=O)c1cc(C#N)c(F)cc1N. The number of benzene rings is 1. The average Bonchev–Trinajstić information content (AvgIpc) is 2.17.